The minimum absolute atomic E-state index is 0.0756. The summed E-state index contributed by atoms with van der Waals surface area (Å²) in [6.45, 7) is 3.90. The predicted octanol–water partition coefficient (Wildman–Crippen LogP) is 2.26. The van der Waals surface area contributed by atoms with Crippen molar-refractivity contribution in [1.82, 2.24) is 9.88 Å². The van der Waals surface area contributed by atoms with Gasteiger partial charge in [0.1, 0.15) is 5.75 Å². The van der Waals surface area contributed by atoms with Gasteiger partial charge in [-0.1, -0.05) is 12.1 Å². The summed E-state index contributed by atoms with van der Waals surface area (Å²) in [5.41, 5.74) is 2.10. The first-order valence-electron chi connectivity index (χ1n) is 8.71. The summed E-state index contributed by atoms with van der Waals surface area (Å²) in [7, 11) is 0. The number of ether oxygens (including phenoxy) is 1. The number of likely N-dealkylation sites (tertiary alicyclic amines) is 1. The first-order valence-corrected chi connectivity index (χ1v) is 8.71. The molecule has 2 aromatic rings. The SMILES string of the molecule is CCOc1ccc(CC(=O)N2C[C@@H](CO)[C@H](c3ccncc3)C2)cc1. The molecule has 0 aliphatic carbocycles. The molecule has 1 aromatic carbocycles. The first-order chi connectivity index (χ1) is 12.2. The topological polar surface area (TPSA) is 62.7 Å². The molecule has 1 aromatic heterocycles. The van der Waals surface area contributed by atoms with E-state index in [0.29, 0.717) is 26.1 Å². The molecule has 3 rings (SSSR count). The summed E-state index contributed by atoms with van der Waals surface area (Å²) in [4.78, 5) is 18.6. The van der Waals surface area contributed by atoms with Gasteiger partial charge in [-0.05, 0) is 42.3 Å². The Hall–Kier alpha value is -2.40. The van der Waals surface area contributed by atoms with E-state index in [9.17, 15) is 9.90 Å². The Kier molecular flexibility index (Phi) is 5.66. The van der Waals surface area contributed by atoms with E-state index in [1.54, 1.807) is 12.4 Å². The van der Waals surface area contributed by atoms with Gasteiger partial charge >= 0.3 is 0 Å². The molecule has 25 heavy (non-hydrogen) atoms. The van der Waals surface area contributed by atoms with Crippen LogP contribution in [0.1, 0.15) is 24.0 Å². The summed E-state index contributed by atoms with van der Waals surface area (Å²) < 4.78 is 5.43. The van der Waals surface area contributed by atoms with Crippen LogP contribution in [0, 0.1) is 5.92 Å². The number of hydrogen-bond donors (Lipinski definition) is 1. The van der Waals surface area contributed by atoms with E-state index in [1.165, 1.54) is 0 Å². The van der Waals surface area contributed by atoms with Gasteiger partial charge < -0.3 is 14.7 Å². The molecule has 132 valence electrons. The van der Waals surface area contributed by atoms with Gasteiger partial charge in [0, 0.05) is 43.9 Å². The molecule has 1 fully saturated rings. The molecule has 1 saturated heterocycles. The van der Waals surface area contributed by atoms with Crippen LogP contribution in [0.2, 0.25) is 0 Å². The molecule has 0 unspecified atom stereocenters. The Morgan fingerprint density at radius 1 is 1.20 bits per heavy atom. The van der Waals surface area contributed by atoms with E-state index >= 15 is 0 Å². The van der Waals surface area contributed by atoms with Crippen LogP contribution in [0.3, 0.4) is 0 Å². The summed E-state index contributed by atoms with van der Waals surface area (Å²) >= 11 is 0. The molecule has 0 radical (unpaired) electrons. The van der Waals surface area contributed by atoms with E-state index in [1.807, 2.05) is 48.2 Å². The van der Waals surface area contributed by atoms with E-state index in [4.69, 9.17) is 4.74 Å². The van der Waals surface area contributed by atoms with Crippen molar-refractivity contribution in [3.8, 4) is 5.75 Å². The number of aromatic nitrogens is 1. The fraction of sp³-hybridized carbons (Fsp3) is 0.400. The second kappa shape index (κ2) is 8.12. The van der Waals surface area contributed by atoms with Crippen molar-refractivity contribution in [2.75, 3.05) is 26.3 Å². The van der Waals surface area contributed by atoms with Crippen molar-refractivity contribution in [2.45, 2.75) is 19.3 Å². The minimum Gasteiger partial charge on any atom is -0.494 e. The van der Waals surface area contributed by atoms with E-state index in [2.05, 4.69) is 4.98 Å². The molecule has 0 saturated carbocycles. The number of pyridine rings is 1. The Morgan fingerprint density at radius 2 is 1.92 bits per heavy atom. The molecule has 0 bridgehead atoms. The Bertz CT molecular complexity index is 688. The standard InChI is InChI=1S/C20H24N2O3/c1-2-25-18-5-3-15(4-6-18)11-20(24)22-12-17(14-23)19(13-22)16-7-9-21-10-8-16/h3-10,17,19,23H,2,11-14H2,1H3/t17-,19-/m0/s1. The average molecular weight is 340 g/mol. The van der Waals surface area contributed by atoms with Gasteiger partial charge in [0.05, 0.1) is 13.0 Å². The highest BCUT2D eigenvalue weighted by atomic mass is 16.5. The smallest absolute Gasteiger partial charge is 0.227 e. The largest absolute Gasteiger partial charge is 0.494 e. The highest BCUT2D eigenvalue weighted by Crippen LogP contribution is 2.32. The lowest BCUT2D eigenvalue weighted by Crippen LogP contribution is -2.30. The number of carbonyl (C=O) groups is 1. The molecule has 0 spiro atoms. The van der Waals surface area contributed by atoms with Crippen molar-refractivity contribution >= 4 is 5.91 Å². The molecule has 1 aliphatic rings. The third kappa shape index (κ3) is 4.17. The van der Waals surface area contributed by atoms with E-state index in [-0.39, 0.29) is 24.3 Å². The minimum atomic E-state index is 0.0756. The molecule has 2 heterocycles. The van der Waals surface area contributed by atoms with Gasteiger partial charge in [0.15, 0.2) is 0 Å². The van der Waals surface area contributed by atoms with Crippen molar-refractivity contribution in [1.29, 1.82) is 0 Å². The normalized spacial score (nSPS) is 19.8. The van der Waals surface area contributed by atoms with E-state index < -0.39 is 0 Å². The third-order valence-electron chi connectivity index (χ3n) is 4.75. The van der Waals surface area contributed by atoms with Gasteiger partial charge in [-0.25, -0.2) is 0 Å². The van der Waals surface area contributed by atoms with Crippen molar-refractivity contribution in [3.63, 3.8) is 0 Å². The molecule has 2 atom stereocenters. The fourth-order valence-electron chi connectivity index (χ4n) is 3.40. The van der Waals surface area contributed by atoms with E-state index in [0.717, 1.165) is 16.9 Å². The number of aliphatic hydroxyl groups is 1. The number of aliphatic hydroxyl groups excluding tert-OH is 1. The molecule has 1 N–H and O–H groups in total. The Labute approximate surface area is 148 Å². The zero-order chi connectivity index (χ0) is 17.6. The number of benzene rings is 1. The lowest BCUT2D eigenvalue weighted by atomic mass is 9.90. The van der Waals surface area contributed by atoms with Crippen LogP contribution in [0.25, 0.3) is 0 Å². The molecular formula is C20H24N2O3. The quantitative estimate of drug-likeness (QED) is 0.876. The van der Waals surface area contributed by atoms with Crippen LogP contribution < -0.4 is 4.74 Å². The van der Waals surface area contributed by atoms with Gasteiger partial charge in [0.25, 0.3) is 0 Å². The Morgan fingerprint density at radius 3 is 2.56 bits per heavy atom. The third-order valence-corrected chi connectivity index (χ3v) is 4.75. The highest BCUT2D eigenvalue weighted by Gasteiger charge is 2.35. The number of rotatable bonds is 6. The molecule has 1 aliphatic heterocycles. The lowest BCUT2D eigenvalue weighted by molar-refractivity contribution is -0.129. The zero-order valence-electron chi connectivity index (χ0n) is 14.5. The van der Waals surface area contributed by atoms with Crippen molar-refractivity contribution in [2.24, 2.45) is 5.92 Å². The Balaban J connectivity index is 1.64. The van der Waals surface area contributed by atoms with Crippen LogP contribution in [0.5, 0.6) is 5.75 Å². The number of hydrogen-bond acceptors (Lipinski definition) is 4. The number of nitrogens with zero attached hydrogens (tertiary/aromatic N) is 2. The second-order valence-electron chi connectivity index (χ2n) is 6.38. The maximum absolute atomic E-state index is 12.7. The predicted molar refractivity (Wildman–Crippen MR) is 95.4 cm³/mol. The first kappa shape index (κ1) is 17.4. The van der Waals surface area contributed by atoms with Gasteiger partial charge in [-0.3, -0.25) is 9.78 Å². The number of carbonyl (C=O) groups excluding carboxylic acids is 1. The molecule has 1 amide bonds. The summed E-state index contributed by atoms with van der Waals surface area (Å²) in [6.07, 6.45) is 3.88. The van der Waals surface area contributed by atoms with Gasteiger partial charge in [-0.15, -0.1) is 0 Å². The summed E-state index contributed by atoms with van der Waals surface area (Å²) in [6, 6.07) is 11.6. The van der Waals surface area contributed by atoms with Crippen molar-refractivity contribution < 1.29 is 14.6 Å². The molecule has 5 nitrogen and oxygen atoms in total. The van der Waals surface area contributed by atoms with Gasteiger partial charge in [0.2, 0.25) is 5.91 Å². The highest BCUT2D eigenvalue weighted by molar-refractivity contribution is 5.79. The molecule has 5 heteroatoms. The molecular weight excluding hydrogens is 316 g/mol. The van der Waals surface area contributed by atoms with Crippen LogP contribution >= 0.6 is 0 Å². The van der Waals surface area contributed by atoms with Crippen LogP contribution in [0.4, 0.5) is 0 Å². The zero-order valence-corrected chi connectivity index (χ0v) is 14.5. The fourth-order valence-corrected chi connectivity index (χ4v) is 3.40. The average Bonchev–Trinajstić information content (AvgIpc) is 3.09. The summed E-state index contributed by atoms with van der Waals surface area (Å²) in [5, 5.41) is 9.70. The van der Waals surface area contributed by atoms with Crippen LogP contribution in [-0.4, -0.2) is 47.2 Å². The maximum Gasteiger partial charge on any atom is 0.227 e. The van der Waals surface area contributed by atoms with Crippen LogP contribution in [-0.2, 0) is 11.2 Å². The van der Waals surface area contributed by atoms with Crippen LogP contribution in [0.15, 0.2) is 48.8 Å². The second-order valence-corrected chi connectivity index (χ2v) is 6.38. The van der Waals surface area contributed by atoms with Crippen molar-refractivity contribution in [3.05, 3.63) is 59.9 Å². The maximum atomic E-state index is 12.7. The monoisotopic (exact) mass is 340 g/mol. The summed E-state index contributed by atoms with van der Waals surface area (Å²) in [5.74, 6) is 1.15. The number of amides is 1. The lowest BCUT2D eigenvalue weighted by Gasteiger charge is -2.17. The van der Waals surface area contributed by atoms with Gasteiger partial charge in [-0.2, -0.15) is 0 Å².